The molecule has 0 bridgehead atoms. The molecule has 0 saturated heterocycles. The normalized spacial score (nSPS) is 14.6. The maximum absolute atomic E-state index is 13.3. The average molecular weight is 462 g/mol. The fourth-order valence-corrected chi connectivity index (χ4v) is 5.04. The smallest absolute Gasteiger partial charge is 0.242 e. The topological polar surface area (TPSA) is 87.8 Å². The lowest BCUT2D eigenvalue weighted by Gasteiger charge is -2.30. The standard InChI is InChI=1S/C22H21F3N4O2S/c23-9-14-4-6-18-19(12-26)22(29(21(18)8-14)16-2-1-3-16)20-7-5-17(13-27-20)32(30,31)28-15(10-24)11-25/h4-8,13,15-16,28H,1-3,9-11H2. The SMILES string of the molecule is N#Cc1c(-c2ccc(S(=O)(=O)NC(CF)CF)cn2)n(C2CCC2)c2cc(CF)ccc12. The Balaban J connectivity index is 1.82. The molecule has 1 aliphatic rings. The van der Waals surface area contributed by atoms with E-state index in [4.69, 9.17) is 0 Å². The number of benzene rings is 1. The van der Waals surface area contributed by atoms with E-state index < -0.39 is 36.1 Å². The van der Waals surface area contributed by atoms with Crippen molar-refractivity contribution >= 4 is 20.9 Å². The lowest BCUT2D eigenvalue weighted by Crippen LogP contribution is -2.37. The third-order valence-corrected chi connectivity index (χ3v) is 7.26. The molecule has 0 aliphatic heterocycles. The van der Waals surface area contributed by atoms with Crippen LogP contribution >= 0.6 is 0 Å². The number of nitrogens with zero attached hydrogens (tertiary/aromatic N) is 3. The molecular weight excluding hydrogens is 441 g/mol. The fourth-order valence-electron chi connectivity index (χ4n) is 3.90. The number of nitrogens with one attached hydrogen (secondary N) is 1. The highest BCUT2D eigenvalue weighted by molar-refractivity contribution is 7.89. The van der Waals surface area contributed by atoms with Gasteiger partial charge in [0.05, 0.1) is 28.5 Å². The van der Waals surface area contributed by atoms with E-state index in [1.165, 1.54) is 12.1 Å². The molecule has 0 radical (unpaired) electrons. The van der Waals surface area contributed by atoms with Gasteiger partial charge in [0.15, 0.2) is 0 Å². The first kappa shape index (κ1) is 22.3. The highest BCUT2D eigenvalue weighted by Crippen LogP contribution is 2.42. The molecule has 0 unspecified atom stereocenters. The van der Waals surface area contributed by atoms with Gasteiger partial charge in [-0.2, -0.15) is 5.26 Å². The van der Waals surface area contributed by atoms with Gasteiger partial charge in [-0.3, -0.25) is 4.98 Å². The second kappa shape index (κ2) is 8.92. The molecule has 4 rings (SSSR count). The van der Waals surface area contributed by atoms with Gasteiger partial charge >= 0.3 is 0 Å². The third-order valence-electron chi connectivity index (χ3n) is 5.76. The van der Waals surface area contributed by atoms with Crippen LogP contribution in [0.3, 0.4) is 0 Å². The number of fused-ring (bicyclic) bond motifs is 1. The summed E-state index contributed by atoms with van der Waals surface area (Å²) in [6.07, 6.45) is 3.95. The van der Waals surface area contributed by atoms with Crippen molar-refractivity contribution in [2.24, 2.45) is 0 Å². The van der Waals surface area contributed by atoms with Crippen molar-refractivity contribution in [2.75, 3.05) is 13.3 Å². The minimum atomic E-state index is -4.16. The van der Waals surface area contributed by atoms with E-state index in [1.807, 2.05) is 9.29 Å². The van der Waals surface area contributed by atoms with Gasteiger partial charge in [-0.05, 0) is 43.0 Å². The molecule has 168 valence electrons. The molecule has 0 amide bonds. The quantitative estimate of drug-likeness (QED) is 0.539. The van der Waals surface area contributed by atoms with Crippen molar-refractivity contribution in [1.29, 1.82) is 5.26 Å². The highest BCUT2D eigenvalue weighted by atomic mass is 32.2. The van der Waals surface area contributed by atoms with Crippen LogP contribution in [0.25, 0.3) is 22.3 Å². The second-order valence-electron chi connectivity index (χ2n) is 7.78. The fraction of sp³-hybridized carbons (Fsp3) is 0.364. The zero-order chi connectivity index (χ0) is 22.9. The van der Waals surface area contributed by atoms with Crippen LogP contribution < -0.4 is 4.72 Å². The largest absolute Gasteiger partial charge is 0.335 e. The van der Waals surface area contributed by atoms with E-state index in [1.54, 1.807) is 18.2 Å². The average Bonchev–Trinajstić information content (AvgIpc) is 3.09. The van der Waals surface area contributed by atoms with Gasteiger partial charge in [-0.1, -0.05) is 12.1 Å². The van der Waals surface area contributed by atoms with Crippen LogP contribution in [0, 0.1) is 11.3 Å². The Morgan fingerprint density at radius 3 is 2.47 bits per heavy atom. The number of sulfonamides is 1. The number of alkyl halides is 3. The van der Waals surface area contributed by atoms with Crippen LogP contribution in [0.4, 0.5) is 13.2 Å². The molecule has 1 aromatic carbocycles. The number of nitriles is 1. The number of pyridine rings is 1. The molecule has 1 N–H and O–H groups in total. The van der Waals surface area contributed by atoms with E-state index in [9.17, 15) is 26.9 Å². The first-order valence-corrected chi connectivity index (χ1v) is 11.6. The molecule has 2 aromatic heterocycles. The van der Waals surface area contributed by atoms with Crippen LogP contribution in [0.5, 0.6) is 0 Å². The number of hydrogen-bond donors (Lipinski definition) is 1. The number of rotatable bonds is 8. The van der Waals surface area contributed by atoms with E-state index in [0.717, 1.165) is 31.0 Å². The van der Waals surface area contributed by atoms with Crippen LogP contribution in [0.2, 0.25) is 0 Å². The van der Waals surface area contributed by atoms with Crippen molar-refractivity contribution in [3.8, 4) is 17.5 Å². The summed E-state index contributed by atoms with van der Waals surface area (Å²) >= 11 is 0. The Morgan fingerprint density at radius 2 is 1.94 bits per heavy atom. The maximum atomic E-state index is 13.3. The monoisotopic (exact) mass is 462 g/mol. The highest BCUT2D eigenvalue weighted by Gasteiger charge is 2.29. The van der Waals surface area contributed by atoms with E-state index in [2.05, 4.69) is 11.1 Å². The summed E-state index contributed by atoms with van der Waals surface area (Å²) in [5.74, 6) is 0. The molecule has 0 spiro atoms. The van der Waals surface area contributed by atoms with Gasteiger partial charge in [-0.25, -0.2) is 26.3 Å². The van der Waals surface area contributed by atoms with Gasteiger partial charge in [0.1, 0.15) is 31.0 Å². The van der Waals surface area contributed by atoms with Gasteiger partial charge in [-0.15, -0.1) is 0 Å². The lowest BCUT2D eigenvalue weighted by molar-refractivity contribution is 0.324. The minimum Gasteiger partial charge on any atom is -0.335 e. The Morgan fingerprint density at radius 1 is 1.19 bits per heavy atom. The van der Waals surface area contributed by atoms with Crippen molar-refractivity contribution in [2.45, 2.75) is 42.9 Å². The van der Waals surface area contributed by atoms with E-state index >= 15 is 0 Å². The zero-order valence-electron chi connectivity index (χ0n) is 17.1. The first-order chi connectivity index (χ1) is 15.4. The minimum absolute atomic E-state index is 0.131. The van der Waals surface area contributed by atoms with E-state index in [-0.39, 0.29) is 10.9 Å². The Hall–Kier alpha value is -2.90. The van der Waals surface area contributed by atoms with Gasteiger partial charge < -0.3 is 4.57 Å². The molecule has 1 saturated carbocycles. The van der Waals surface area contributed by atoms with Crippen LogP contribution in [0.1, 0.15) is 36.4 Å². The Kier molecular flexibility index (Phi) is 6.22. The van der Waals surface area contributed by atoms with Crippen molar-refractivity contribution < 1.29 is 21.6 Å². The summed E-state index contributed by atoms with van der Waals surface area (Å²) in [5.41, 5.74) is 2.56. The lowest BCUT2D eigenvalue weighted by atomic mass is 9.92. The summed E-state index contributed by atoms with van der Waals surface area (Å²) in [6, 6.07) is 8.73. The maximum Gasteiger partial charge on any atom is 0.242 e. The summed E-state index contributed by atoms with van der Waals surface area (Å²) in [5, 5.41) is 10.6. The Labute approximate surface area is 183 Å². The first-order valence-electron chi connectivity index (χ1n) is 10.2. The molecule has 1 fully saturated rings. The molecule has 0 atom stereocenters. The predicted molar refractivity (Wildman–Crippen MR) is 114 cm³/mol. The van der Waals surface area contributed by atoms with Gasteiger partial charge in [0.2, 0.25) is 10.0 Å². The molecule has 10 heteroatoms. The summed E-state index contributed by atoms with van der Waals surface area (Å²) in [6.45, 7) is -2.97. The third kappa shape index (κ3) is 3.87. The van der Waals surface area contributed by atoms with Gasteiger partial charge in [0, 0.05) is 17.6 Å². The Bertz CT molecular complexity index is 1280. The van der Waals surface area contributed by atoms with E-state index in [0.29, 0.717) is 27.9 Å². The van der Waals surface area contributed by atoms with Crippen LogP contribution in [0.15, 0.2) is 41.4 Å². The molecule has 1 aliphatic carbocycles. The van der Waals surface area contributed by atoms with Crippen molar-refractivity contribution in [3.63, 3.8) is 0 Å². The summed E-state index contributed by atoms with van der Waals surface area (Å²) in [7, 11) is -4.16. The van der Waals surface area contributed by atoms with Gasteiger partial charge in [0.25, 0.3) is 0 Å². The molecular formula is C22H21F3N4O2S. The molecule has 2 heterocycles. The van der Waals surface area contributed by atoms with Crippen LogP contribution in [-0.2, 0) is 16.7 Å². The summed E-state index contributed by atoms with van der Waals surface area (Å²) in [4.78, 5) is 4.03. The number of hydrogen-bond acceptors (Lipinski definition) is 4. The number of halogens is 3. The molecule has 6 nitrogen and oxygen atoms in total. The number of aromatic nitrogens is 2. The second-order valence-corrected chi connectivity index (χ2v) is 9.50. The zero-order valence-corrected chi connectivity index (χ0v) is 17.9. The molecule has 32 heavy (non-hydrogen) atoms. The summed E-state index contributed by atoms with van der Waals surface area (Å²) < 4.78 is 67.5. The predicted octanol–water partition coefficient (Wildman–Crippen LogP) is 4.36. The van der Waals surface area contributed by atoms with Crippen molar-refractivity contribution in [1.82, 2.24) is 14.3 Å². The van der Waals surface area contributed by atoms with Crippen LogP contribution in [-0.4, -0.2) is 37.4 Å². The molecule has 3 aromatic rings. The van der Waals surface area contributed by atoms with Crippen molar-refractivity contribution in [3.05, 3.63) is 47.7 Å².